The summed E-state index contributed by atoms with van der Waals surface area (Å²) >= 11 is 0. The van der Waals surface area contributed by atoms with Crippen LogP contribution in [0.2, 0.25) is 0 Å². The minimum absolute atomic E-state index is 0.0473. The van der Waals surface area contributed by atoms with E-state index in [2.05, 4.69) is 11.8 Å². The number of hydrogen-bond donors (Lipinski definition) is 1. The largest absolute Gasteiger partial charge is 0.373 e. The summed E-state index contributed by atoms with van der Waals surface area (Å²) in [5.41, 5.74) is -0.220. The first-order chi connectivity index (χ1) is 12.1. The van der Waals surface area contributed by atoms with Crippen molar-refractivity contribution in [1.82, 2.24) is 0 Å². The highest BCUT2D eigenvalue weighted by Gasteiger charge is 2.55. The number of aliphatic hydroxyl groups is 1. The Morgan fingerprint density at radius 1 is 1.27 bits per heavy atom. The molecule has 0 amide bonds. The SMILES string of the molecule is CC(C#CC1(O)C(C)=CC2(CC1(C)C)OCC(C)O2)=CC1OCC(C)O1. The lowest BCUT2D eigenvalue weighted by atomic mass is 9.63. The van der Waals surface area contributed by atoms with Gasteiger partial charge in [-0.1, -0.05) is 25.7 Å². The second kappa shape index (κ2) is 6.78. The van der Waals surface area contributed by atoms with E-state index in [1.165, 1.54) is 0 Å². The maximum atomic E-state index is 11.4. The number of hydrogen-bond acceptors (Lipinski definition) is 5. The second-order valence-corrected chi connectivity index (χ2v) is 8.40. The molecular weight excluding hydrogens is 332 g/mol. The molecule has 0 bridgehead atoms. The Morgan fingerprint density at radius 3 is 2.54 bits per heavy atom. The van der Waals surface area contributed by atoms with Crippen molar-refractivity contribution in [3.63, 3.8) is 0 Å². The molecule has 3 rings (SSSR count). The fraction of sp³-hybridized carbons (Fsp3) is 0.714. The lowest BCUT2D eigenvalue weighted by Gasteiger charge is -2.48. The molecule has 1 spiro atoms. The highest BCUT2D eigenvalue weighted by atomic mass is 16.7. The Hall–Kier alpha value is -1.16. The molecule has 0 aromatic carbocycles. The molecule has 5 nitrogen and oxygen atoms in total. The molecule has 2 fully saturated rings. The molecule has 3 aliphatic rings. The molecule has 0 radical (unpaired) electrons. The standard InChI is InChI=1S/C21H30O5/c1-14(9-18-23-11-16(3)25-18)7-8-21(22)15(2)10-20(13-19(21,5)6)24-12-17(4)26-20/h9-10,16-18,22H,11-13H2,1-6H3. The van der Waals surface area contributed by atoms with Gasteiger partial charge in [-0.15, -0.1) is 0 Å². The van der Waals surface area contributed by atoms with Gasteiger partial charge in [0.2, 0.25) is 0 Å². The van der Waals surface area contributed by atoms with Gasteiger partial charge in [0.05, 0.1) is 25.4 Å². The van der Waals surface area contributed by atoms with Gasteiger partial charge in [-0.25, -0.2) is 0 Å². The van der Waals surface area contributed by atoms with Crippen LogP contribution in [0, 0.1) is 17.3 Å². The Morgan fingerprint density at radius 2 is 2.00 bits per heavy atom. The van der Waals surface area contributed by atoms with Gasteiger partial charge >= 0.3 is 0 Å². The van der Waals surface area contributed by atoms with E-state index in [-0.39, 0.29) is 18.5 Å². The fourth-order valence-electron chi connectivity index (χ4n) is 3.93. The Labute approximate surface area is 156 Å². The van der Waals surface area contributed by atoms with Crippen LogP contribution in [0.5, 0.6) is 0 Å². The molecule has 5 atom stereocenters. The Kier molecular flexibility index (Phi) is 5.11. The molecular formula is C21H30O5. The highest BCUT2D eigenvalue weighted by molar-refractivity contribution is 5.42. The predicted molar refractivity (Wildman–Crippen MR) is 98.2 cm³/mol. The lowest BCUT2D eigenvalue weighted by Crippen LogP contribution is -2.53. The summed E-state index contributed by atoms with van der Waals surface area (Å²) in [5.74, 6) is 5.42. The predicted octanol–water partition coefficient (Wildman–Crippen LogP) is 2.94. The van der Waals surface area contributed by atoms with Gasteiger partial charge in [0.1, 0.15) is 0 Å². The first-order valence-corrected chi connectivity index (χ1v) is 9.28. The molecule has 0 aromatic heterocycles. The zero-order valence-electron chi connectivity index (χ0n) is 16.6. The quantitative estimate of drug-likeness (QED) is 0.574. The van der Waals surface area contributed by atoms with E-state index in [0.717, 1.165) is 11.1 Å². The number of allylic oxidation sites excluding steroid dienone is 1. The summed E-state index contributed by atoms with van der Waals surface area (Å²) in [6.07, 6.45) is 4.05. The highest BCUT2D eigenvalue weighted by Crippen LogP contribution is 2.50. The van der Waals surface area contributed by atoms with E-state index in [1.807, 2.05) is 53.7 Å². The Balaban J connectivity index is 1.85. The van der Waals surface area contributed by atoms with Gasteiger partial charge in [-0.2, -0.15) is 0 Å². The average Bonchev–Trinajstić information content (AvgIpc) is 3.09. The van der Waals surface area contributed by atoms with Crippen LogP contribution in [0.3, 0.4) is 0 Å². The molecule has 1 aliphatic carbocycles. The topological polar surface area (TPSA) is 57.2 Å². The van der Waals surface area contributed by atoms with Crippen LogP contribution < -0.4 is 0 Å². The number of ether oxygens (including phenoxy) is 4. The molecule has 26 heavy (non-hydrogen) atoms. The van der Waals surface area contributed by atoms with Crippen molar-refractivity contribution < 1.29 is 24.1 Å². The summed E-state index contributed by atoms with van der Waals surface area (Å²) in [4.78, 5) is 0. The van der Waals surface area contributed by atoms with Crippen molar-refractivity contribution in [2.24, 2.45) is 5.41 Å². The molecule has 2 aliphatic heterocycles. The summed E-state index contributed by atoms with van der Waals surface area (Å²) in [7, 11) is 0. The van der Waals surface area contributed by atoms with E-state index in [9.17, 15) is 5.11 Å². The van der Waals surface area contributed by atoms with Gasteiger partial charge in [-0.05, 0) is 45.4 Å². The fourth-order valence-corrected chi connectivity index (χ4v) is 3.93. The van der Waals surface area contributed by atoms with Crippen molar-refractivity contribution in [1.29, 1.82) is 0 Å². The summed E-state index contributed by atoms with van der Waals surface area (Å²) < 4.78 is 23.1. The van der Waals surface area contributed by atoms with Crippen LogP contribution in [0.15, 0.2) is 23.3 Å². The normalized spacial score (nSPS) is 42.5. The second-order valence-electron chi connectivity index (χ2n) is 8.40. The van der Waals surface area contributed by atoms with Crippen molar-refractivity contribution in [2.45, 2.75) is 77.8 Å². The first-order valence-electron chi connectivity index (χ1n) is 9.28. The molecule has 5 unspecified atom stereocenters. The molecule has 1 N–H and O–H groups in total. The van der Waals surface area contributed by atoms with Gasteiger partial charge < -0.3 is 24.1 Å². The van der Waals surface area contributed by atoms with Crippen molar-refractivity contribution in [3.05, 3.63) is 23.3 Å². The third-order valence-corrected chi connectivity index (χ3v) is 5.33. The Bertz CT molecular complexity index is 682. The summed E-state index contributed by atoms with van der Waals surface area (Å²) in [6, 6.07) is 0. The van der Waals surface area contributed by atoms with Crippen molar-refractivity contribution in [3.8, 4) is 11.8 Å². The monoisotopic (exact) mass is 362 g/mol. The molecule has 2 saturated heterocycles. The summed E-state index contributed by atoms with van der Waals surface area (Å²) in [5, 5.41) is 11.4. The van der Waals surface area contributed by atoms with Gasteiger partial charge in [0.15, 0.2) is 17.7 Å². The molecule has 144 valence electrons. The van der Waals surface area contributed by atoms with Crippen LogP contribution in [0.1, 0.15) is 48.0 Å². The average molecular weight is 362 g/mol. The lowest BCUT2D eigenvalue weighted by molar-refractivity contribution is -0.176. The third kappa shape index (κ3) is 3.62. The van der Waals surface area contributed by atoms with Crippen LogP contribution in [0.25, 0.3) is 0 Å². The molecule has 0 aromatic rings. The molecule has 5 heteroatoms. The van der Waals surface area contributed by atoms with Gasteiger partial charge in [0, 0.05) is 17.4 Å². The summed E-state index contributed by atoms with van der Waals surface area (Å²) in [6.45, 7) is 12.9. The van der Waals surface area contributed by atoms with E-state index in [0.29, 0.717) is 19.6 Å². The van der Waals surface area contributed by atoms with Crippen molar-refractivity contribution >= 4 is 0 Å². The minimum Gasteiger partial charge on any atom is -0.373 e. The van der Waals surface area contributed by atoms with E-state index in [1.54, 1.807) is 0 Å². The van der Waals surface area contributed by atoms with Crippen LogP contribution in [-0.4, -0.2) is 48.2 Å². The maximum Gasteiger partial charge on any atom is 0.189 e. The van der Waals surface area contributed by atoms with Gasteiger partial charge in [-0.3, -0.25) is 0 Å². The smallest absolute Gasteiger partial charge is 0.189 e. The third-order valence-electron chi connectivity index (χ3n) is 5.33. The zero-order valence-corrected chi connectivity index (χ0v) is 16.6. The maximum absolute atomic E-state index is 11.4. The van der Waals surface area contributed by atoms with E-state index in [4.69, 9.17) is 18.9 Å². The van der Waals surface area contributed by atoms with E-state index < -0.39 is 16.8 Å². The van der Waals surface area contributed by atoms with Crippen LogP contribution >= 0.6 is 0 Å². The minimum atomic E-state index is -1.25. The zero-order chi connectivity index (χ0) is 19.2. The van der Waals surface area contributed by atoms with Crippen LogP contribution in [-0.2, 0) is 18.9 Å². The number of rotatable bonds is 1. The molecule has 0 saturated carbocycles. The van der Waals surface area contributed by atoms with Crippen LogP contribution in [0.4, 0.5) is 0 Å². The first kappa shape index (κ1) is 19.6. The van der Waals surface area contributed by atoms with E-state index >= 15 is 0 Å². The van der Waals surface area contributed by atoms with Gasteiger partial charge in [0.25, 0.3) is 0 Å². The molecule has 2 heterocycles. The van der Waals surface area contributed by atoms with Crippen molar-refractivity contribution in [2.75, 3.05) is 13.2 Å².